The SMILES string of the molecule is CN(C)c1ccccc1CN1CC[C@@H](Nc2cnc(C=CC(=O)NO)cn2)C1I.Cl.Cl.Cl. The minimum absolute atomic E-state index is 0. The number of nitrogens with zero attached hydrogens (tertiary/aromatic N) is 4. The molecule has 2 atom stereocenters. The van der Waals surface area contributed by atoms with Crippen molar-refractivity contribution in [2.24, 2.45) is 0 Å². The predicted molar refractivity (Wildman–Crippen MR) is 144 cm³/mol. The molecule has 0 spiro atoms. The van der Waals surface area contributed by atoms with Crippen LogP contribution in [0.5, 0.6) is 0 Å². The quantitative estimate of drug-likeness (QED) is 0.109. The summed E-state index contributed by atoms with van der Waals surface area (Å²) in [7, 11) is 4.14. The van der Waals surface area contributed by atoms with Gasteiger partial charge in [-0.25, -0.2) is 10.5 Å². The van der Waals surface area contributed by atoms with Crippen LogP contribution in [0.1, 0.15) is 17.7 Å². The van der Waals surface area contributed by atoms with Gasteiger partial charge in [0, 0.05) is 38.9 Å². The highest BCUT2D eigenvalue weighted by atomic mass is 127. The molecule has 1 aliphatic heterocycles. The number of rotatable bonds is 7. The number of nitrogens with one attached hydrogen (secondary N) is 2. The molecule has 0 aliphatic carbocycles. The average Bonchev–Trinajstić information content (AvgIpc) is 3.06. The van der Waals surface area contributed by atoms with E-state index in [1.54, 1.807) is 12.4 Å². The molecule has 2 heterocycles. The Morgan fingerprint density at radius 2 is 1.97 bits per heavy atom. The molecule has 1 fully saturated rings. The van der Waals surface area contributed by atoms with Crippen LogP contribution in [0.15, 0.2) is 42.7 Å². The molecule has 32 heavy (non-hydrogen) atoms. The fourth-order valence-corrected chi connectivity index (χ4v) is 4.33. The summed E-state index contributed by atoms with van der Waals surface area (Å²) in [5.74, 6) is 0.0969. The predicted octanol–water partition coefficient (Wildman–Crippen LogP) is 3.77. The molecule has 1 aliphatic rings. The van der Waals surface area contributed by atoms with E-state index in [-0.39, 0.29) is 43.3 Å². The number of anilines is 2. The number of carbonyl (C=O) groups is 1. The van der Waals surface area contributed by atoms with Crippen molar-refractivity contribution in [1.29, 1.82) is 0 Å². The summed E-state index contributed by atoms with van der Waals surface area (Å²) in [6, 6.07) is 8.78. The normalized spacial score (nSPS) is 17.6. The van der Waals surface area contributed by atoms with Crippen LogP contribution in [0.2, 0.25) is 0 Å². The number of hydrogen-bond donors (Lipinski definition) is 3. The molecule has 178 valence electrons. The lowest BCUT2D eigenvalue weighted by molar-refractivity contribution is -0.124. The zero-order valence-corrected chi connectivity index (χ0v) is 22.2. The Morgan fingerprint density at radius 1 is 1.25 bits per heavy atom. The monoisotopic (exact) mass is 616 g/mol. The zero-order valence-electron chi connectivity index (χ0n) is 17.6. The number of aromatic nitrogens is 2. The summed E-state index contributed by atoms with van der Waals surface area (Å²) >= 11 is 2.49. The molecule has 0 saturated carbocycles. The van der Waals surface area contributed by atoms with Gasteiger partial charge in [0.15, 0.2) is 0 Å². The Kier molecular flexibility index (Phi) is 14.1. The first-order valence-corrected chi connectivity index (χ1v) is 10.6. The van der Waals surface area contributed by atoms with E-state index < -0.39 is 5.91 Å². The van der Waals surface area contributed by atoms with Crippen molar-refractivity contribution in [1.82, 2.24) is 20.3 Å². The fourth-order valence-electron chi connectivity index (χ4n) is 3.31. The molecule has 1 amide bonds. The van der Waals surface area contributed by atoms with Crippen LogP contribution < -0.4 is 15.7 Å². The Hall–Kier alpha value is -1.37. The molecule has 8 nitrogen and oxygen atoms in total. The second-order valence-electron chi connectivity index (χ2n) is 7.04. The van der Waals surface area contributed by atoms with Gasteiger partial charge >= 0.3 is 0 Å². The van der Waals surface area contributed by atoms with E-state index in [0.717, 1.165) is 19.5 Å². The van der Waals surface area contributed by atoms with Gasteiger partial charge < -0.3 is 10.2 Å². The molecular weight excluding hydrogens is 590 g/mol. The molecule has 12 heteroatoms. The van der Waals surface area contributed by atoms with Crippen molar-refractivity contribution in [3.05, 3.63) is 54.0 Å². The van der Waals surface area contributed by atoms with Gasteiger partial charge in [0.2, 0.25) is 0 Å². The smallest absolute Gasteiger partial charge is 0.267 e. The highest BCUT2D eigenvalue weighted by Crippen LogP contribution is 2.29. The number of amides is 1. The van der Waals surface area contributed by atoms with Crippen molar-refractivity contribution in [3.63, 3.8) is 0 Å². The van der Waals surface area contributed by atoms with E-state index in [9.17, 15) is 4.79 Å². The number of hydroxylamine groups is 1. The number of alkyl halides is 1. The van der Waals surface area contributed by atoms with E-state index in [0.29, 0.717) is 15.6 Å². The Balaban J connectivity index is 0.00000320. The molecule has 3 N–H and O–H groups in total. The number of para-hydroxylation sites is 1. The molecule has 1 unspecified atom stereocenters. The van der Waals surface area contributed by atoms with Gasteiger partial charge in [-0.2, -0.15) is 0 Å². The lowest BCUT2D eigenvalue weighted by Crippen LogP contribution is -2.33. The molecule has 1 saturated heterocycles. The van der Waals surface area contributed by atoms with Gasteiger partial charge in [-0.3, -0.25) is 19.9 Å². The van der Waals surface area contributed by atoms with E-state index in [1.165, 1.54) is 28.9 Å². The van der Waals surface area contributed by atoms with E-state index in [1.807, 2.05) is 0 Å². The summed E-state index contributed by atoms with van der Waals surface area (Å²) in [4.78, 5) is 24.3. The number of benzene rings is 1. The standard InChI is InChI=1S/C20H25IN6O2.3ClH/c1-26(2)17-6-4-3-5-14(17)13-27-10-9-16(20(27)21)24-18-12-22-15(11-23-18)7-8-19(28)25-29;;;/h3-8,11-12,16,20,29H,9-10,13H2,1-2H3,(H,23,24)(H,25,28);3*1H/t16-,20?;;;/m1.../s1. The molecule has 1 aromatic carbocycles. The van der Waals surface area contributed by atoms with E-state index >= 15 is 0 Å². The Bertz CT molecular complexity index is 873. The third-order valence-corrected chi connectivity index (χ3v) is 6.43. The van der Waals surface area contributed by atoms with Crippen LogP contribution in [-0.2, 0) is 11.3 Å². The number of halogens is 4. The maximum Gasteiger partial charge on any atom is 0.267 e. The van der Waals surface area contributed by atoms with Crippen LogP contribution in [0.3, 0.4) is 0 Å². The second-order valence-corrected chi connectivity index (χ2v) is 8.32. The Labute approximate surface area is 220 Å². The largest absolute Gasteiger partial charge is 0.377 e. The van der Waals surface area contributed by atoms with Gasteiger partial charge in [0.25, 0.3) is 5.91 Å². The number of likely N-dealkylation sites (tertiary alicyclic amines) is 1. The highest BCUT2D eigenvalue weighted by molar-refractivity contribution is 14.1. The van der Waals surface area contributed by atoms with E-state index in [4.69, 9.17) is 5.21 Å². The maximum absolute atomic E-state index is 11.0. The number of carbonyl (C=O) groups excluding carboxylic acids is 1. The first kappa shape index (κ1) is 30.6. The third-order valence-electron chi connectivity index (χ3n) is 4.78. The third kappa shape index (κ3) is 8.20. The summed E-state index contributed by atoms with van der Waals surface area (Å²) in [5, 5.41) is 12.0. The van der Waals surface area contributed by atoms with E-state index in [2.05, 4.69) is 86.0 Å². The summed E-state index contributed by atoms with van der Waals surface area (Å²) in [6.45, 7) is 1.92. The van der Waals surface area contributed by atoms with Crippen LogP contribution in [0.4, 0.5) is 11.5 Å². The first-order chi connectivity index (χ1) is 14.0. The Morgan fingerprint density at radius 3 is 2.59 bits per heavy atom. The van der Waals surface area contributed by atoms with Crippen molar-refractivity contribution in [3.8, 4) is 0 Å². The van der Waals surface area contributed by atoms with Gasteiger partial charge in [-0.15, -0.1) is 37.2 Å². The molecule has 2 aromatic rings. The minimum Gasteiger partial charge on any atom is -0.377 e. The van der Waals surface area contributed by atoms with Crippen molar-refractivity contribution in [2.45, 2.75) is 23.1 Å². The van der Waals surface area contributed by atoms with Crippen LogP contribution >= 0.6 is 59.8 Å². The second kappa shape index (κ2) is 14.7. The van der Waals surface area contributed by atoms with Crippen molar-refractivity contribution in [2.75, 3.05) is 30.9 Å². The minimum atomic E-state index is -0.608. The molecule has 3 rings (SSSR count). The summed E-state index contributed by atoms with van der Waals surface area (Å²) in [6.07, 6.45) is 6.95. The lowest BCUT2D eigenvalue weighted by Gasteiger charge is -2.26. The zero-order chi connectivity index (χ0) is 20.8. The molecule has 0 bridgehead atoms. The lowest BCUT2D eigenvalue weighted by atomic mass is 10.1. The van der Waals surface area contributed by atoms with Crippen LogP contribution in [0.25, 0.3) is 6.08 Å². The topological polar surface area (TPSA) is 93.6 Å². The maximum atomic E-state index is 11.0. The van der Waals surface area contributed by atoms with Crippen molar-refractivity contribution < 1.29 is 10.0 Å². The average molecular weight is 618 g/mol. The number of hydrogen-bond acceptors (Lipinski definition) is 7. The van der Waals surface area contributed by atoms with Crippen LogP contribution in [-0.4, -0.2) is 56.7 Å². The van der Waals surface area contributed by atoms with Gasteiger partial charge in [-0.1, -0.05) is 40.8 Å². The van der Waals surface area contributed by atoms with Gasteiger partial charge in [-0.05, 0) is 24.1 Å². The first-order valence-electron chi connectivity index (χ1n) is 9.32. The van der Waals surface area contributed by atoms with Gasteiger partial charge in [0.05, 0.1) is 28.2 Å². The van der Waals surface area contributed by atoms with Gasteiger partial charge in [0.1, 0.15) is 5.82 Å². The summed E-state index contributed by atoms with van der Waals surface area (Å²) < 4.78 is 0.331. The summed E-state index contributed by atoms with van der Waals surface area (Å²) in [5.41, 5.74) is 4.65. The fraction of sp³-hybridized carbons (Fsp3) is 0.350. The molecule has 1 aromatic heterocycles. The molecular formula is C20H28Cl3IN6O2. The van der Waals surface area contributed by atoms with Crippen molar-refractivity contribution >= 4 is 83.3 Å². The highest BCUT2D eigenvalue weighted by Gasteiger charge is 2.32. The molecule has 0 radical (unpaired) electrons. The van der Waals surface area contributed by atoms with Crippen LogP contribution in [0, 0.1) is 0 Å².